The van der Waals surface area contributed by atoms with Crippen LogP contribution in [0.25, 0.3) is 22.7 Å². The van der Waals surface area contributed by atoms with Crippen molar-refractivity contribution in [1.82, 2.24) is 20.6 Å². The molecular weight excluding hydrogens is 510 g/mol. The number of pyridine rings is 1. The molecule has 4 amide bonds. The van der Waals surface area contributed by atoms with E-state index in [9.17, 15) is 14.4 Å². The summed E-state index contributed by atoms with van der Waals surface area (Å²) in [6, 6.07) is 17.1. The van der Waals surface area contributed by atoms with Gasteiger partial charge in [0.25, 0.3) is 11.8 Å². The highest BCUT2D eigenvalue weighted by molar-refractivity contribution is 6.30. The molecule has 2 aromatic heterocycles. The van der Waals surface area contributed by atoms with Crippen molar-refractivity contribution in [3.05, 3.63) is 78.1 Å². The molecule has 10 nitrogen and oxygen atoms in total. The van der Waals surface area contributed by atoms with Crippen LogP contribution in [0.1, 0.15) is 12.8 Å². The van der Waals surface area contributed by atoms with E-state index in [4.69, 9.17) is 20.8 Å². The molecule has 4 heterocycles. The minimum atomic E-state index is -1.47. The Morgan fingerprint density at radius 3 is 2.32 bits per heavy atom. The molecule has 2 fully saturated rings. The number of nitrogens with one attached hydrogen (secondary N) is 2. The topological polar surface area (TPSA) is 127 Å². The Balaban J connectivity index is 1.15. The predicted octanol–water partition coefficient (Wildman–Crippen LogP) is 4.55. The smallest absolute Gasteiger partial charge is 0.328 e. The van der Waals surface area contributed by atoms with Crippen LogP contribution >= 0.6 is 11.6 Å². The summed E-state index contributed by atoms with van der Waals surface area (Å²) in [7, 11) is 0. The van der Waals surface area contributed by atoms with Crippen molar-refractivity contribution < 1.29 is 23.5 Å². The van der Waals surface area contributed by atoms with Crippen molar-refractivity contribution in [2.24, 2.45) is 0 Å². The number of carbonyl (C=O) groups is 3. The van der Waals surface area contributed by atoms with Gasteiger partial charge in [0.1, 0.15) is 17.7 Å². The highest BCUT2D eigenvalue weighted by Crippen LogP contribution is 2.36. The molecular formula is C27H20ClN5O5. The Hall–Kier alpha value is -4.70. The summed E-state index contributed by atoms with van der Waals surface area (Å²) >= 11 is 5.95. The maximum atomic E-state index is 12.7. The van der Waals surface area contributed by atoms with E-state index in [1.54, 1.807) is 53.8 Å². The number of oxazole rings is 1. The van der Waals surface area contributed by atoms with Crippen molar-refractivity contribution >= 4 is 35.1 Å². The predicted molar refractivity (Wildman–Crippen MR) is 138 cm³/mol. The van der Waals surface area contributed by atoms with Crippen molar-refractivity contribution in [2.75, 3.05) is 11.4 Å². The van der Waals surface area contributed by atoms with Crippen LogP contribution in [0.3, 0.4) is 0 Å². The number of anilines is 1. The second kappa shape index (κ2) is 9.31. The zero-order valence-corrected chi connectivity index (χ0v) is 20.6. The van der Waals surface area contributed by atoms with Gasteiger partial charge in [0.05, 0.1) is 11.9 Å². The standard InChI is InChI=1S/C27H20ClN5O5/c28-18-6-2-16(3-7-18)21-15-37-23(30-21)17-4-9-20(10-5-17)38-22-11-8-19(14-29-22)33-13-1-12-27(33)24(34)31-26(36)32-25(27)35/h2-11,14-15H,1,12-13H2,(H2,31,32,34,35,36). The number of rotatable bonds is 5. The average molecular weight is 530 g/mol. The molecule has 0 unspecified atom stereocenters. The van der Waals surface area contributed by atoms with E-state index >= 15 is 0 Å². The Kier molecular flexibility index (Phi) is 5.80. The second-order valence-electron chi connectivity index (χ2n) is 8.88. The maximum Gasteiger partial charge on any atom is 0.328 e. The summed E-state index contributed by atoms with van der Waals surface area (Å²) in [6.07, 6.45) is 4.05. The van der Waals surface area contributed by atoms with Crippen molar-refractivity contribution in [3.8, 4) is 34.3 Å². The van der Waals surface area contributed by atoms with E-state index in [0.717, 1.165) is 11.1 Å². The summed E-state index contributed by atoms with van der Waals surface area (Å²) in [6.45, 7) is 0.471. The first-order valence-electron chi connectivity index (χ1n) is 11.8. The van der Waals surface area contributed by atoms with Gasteiger partial charge in [-0.2, -0.15) is 0 Å². The van der Waals surface area contributed by atoms with Gasteiger partial charge in [-0.25, -0.2) is 14.8 Å². The van der Waals surface area contributed by atoms with Crippen molar-refractivity contribution in [2.45, 2.75) is 18.4 Å². The summed E-state index contributed by atoms with van der Waals surface area (Å²) in [5, 5.41) is 5.05. The van der Waals surface area contributed by atoms with E-state index in [2.05, 4.69) is 20.6 Å². The summed E-state index contributed by atoms with van der Waals surface area (Å²) in [5.41, 5.74) is 1.49. The lowest BCUT2D eigenvalue weighted by molar-refractivity contribution is -0.137. The van der Waals surface area contributed by atoms with Crippen LogP contribution in [-0.4, -0.2) is 39.9 Å². The molecule has 11 heteroatoms. The summed E-state index contributed by atoms with van der Waals surface area (Å²) in [5.74, 6) is 0.108. The van der Waals surface area contributed by atoms with Crippen LogP contribution in [0.15, 0.2) is 77.5 Å². The van der Waals surface area contributed by atoms with Gasteiger partial charge in [-0.1, -0.05) is 23.7 Å². The fourth-order valence-corrected chi connectivity index (χ4v) is 4.85. The maximum absolute atomic E-state index is 12.7. The zero-order valence-electron chi connectivity index (χ0n) is 19.8. The SMILES string of the molecule is O=C1NC(=O)C2(CCCN2c2ccc(Oc3ccc(-c4nc(-c5ccc(Cl)cc5)co4)cc3)nc2)C(=O)N1. The lowest BCUT2D eigenvalue weighted by Crippen LogP contribution is -2.71. The molecule has 1 spiro atoms. The van der Waals surface area contributed by atoms with Gasteiger partial charge in [-0.15, -0.1) is 0 Å². The fraction of sp³-hybridized carbons (Fsp3) is 0.148. The Morgan fingerprint density at radius 2 is 1.63 bits per heavy atom. The monoisotopic (exact) mass is 529 g/mol. The van der Waals surface area contributed by atoms with E-state index in [1.165, 1.54) is 0 Å². The number of urea groups is 1. The number of barbiturate groups is 1. The molecule has 6 rings (SSSR count). The first-order valence-corrected chi connectivity index (χ1v) is 12.2. The van der Waals surface area contributed by atoms with Crippen LogP contribution in [-0.2, 0) is 9.59 Å². The Labute approximate surface area is 221 Å². The number of carbonyl (C=O) groups excluding carboxylic acids is 3. The van der Waals surface area contributed by atoms with E-state index < -0.39 is 23.4 Å². The Morgan fingerprint density at radius 1 is 0.921 bits per heavy atom. The number of imide groups is 2. The lowest BCUT2D eigenvalue weighted by atomic mass is 9.92. The molecule has 0 bridgehead atoms. The normalized spacial score (nSPS) is 16.4. The van der Waals surface area contributed by atoms with Gasteiger partial charge < -0.3 is 14.1 Å². The van der Waals surface area contributed by atoms with Gasteiger partial charge >= 0.3 is 6.03 Å². The molecule has 2 aliphatic rings. The summed E-state index contributed by atoms with van der Waals surface area (Å²) in [4.78, 5) is 47.4. The summed E-state index contributed by atoms with van der Waals surface area (Å²) < 4.78 is 11.5. The van der Waals surface area contributed by atoms with Crippen LogP contribution in [0.5, 0.6) is 11.6 Å². The van der Waals surface area contributed by atoms with E-state index in [0.29, 0.717) is 53.3 Å². The number of amides is 4. The molecule has 0 aliphatic carbocycles. The second-order valence-corrected chi connectivity index (χ2v) is 9.32. The van der Waals surface area contributed by atoms with E-state index in [-0.39, 0.29) is 0 Å². The van der Waals surface area contributed by atoms with Gasteiger partial charge in [0, 0.05) is 28.8 Å². The molecule has 4 aromatic rings. The zero-order chi connectivity index (χ0) is 26.3. The van der Waals surface area contributed by atoms with Crippen molar-refractivity contribution in [3.63, 3.8) is 0 Å². The van der Waals surface area contributed by atoms with Gasteiger partial charge in [-0.05, 0) is 55.3 Å². The molecule has 2 aliphatic heterocycles. The quantitative estimate of drug-likeness (QED) is 0.360. The van der Waals surface area contributed by atoms with Gasteiger partial charge in [0.15, 0.2) is 5.54 Å². The van der Waals surface area contributed by atoms with Crippen LogP contribution in [0, 0.1) is 0 Å². The van der Waals surface area contributed by atoms with Crippen molar-refractivity contribution in [1.29, 1.82) is 0 Å². The minimum absolute atomic E-state index is 0.300. The third-order valence-corrected chi connectivity index (χ3v) is 6.84. The highest BCUT2D eigenvalue weighted by Gasteiger charge is 2.57. The van der Waals surface area contributed by atoms with Crippen LogP contribution in [0.2, 0.25) is 5.02 Å². The molecule has 2 saturated heterocycles. The largest absolute Gasteiger partial charge is 0.444 e. The molecule has 0 radical (unpaired) electrons. The minimum Gasteiger partial charge on any atom is -0.444 e. The number of hydrogen-bond acceptors (Lipinski definition) is 8. The lowest BCUT2D eigenvalue weighted by Gasteiger charge is -2.38. The number of aromatic nitrogens is 2. The first-order chi connectivity index (χ1) is 18.4. The number of hydrogen-bond donors (Lipinski definition) is 2. The van der Waals surface area contributed by atoms with Crippen LogP contribution < -0.4 is 20.3 Å². The number of nitrogens with zero attached hydrogens (tertiary/aromatic N) is 3. The average Bonchev–Trinajstić information content (AvgIpc) is 3.58. The molecule has 2 aromatic carbocycles. The first kappa shape index (κ1) is 23.7. The third-order valence-electron chi connectivity index (χ3n) is 6.59. The number of halogens is 1. The van der Waals surface area contributed by atoms with Gasteiger partial charge in [-0.3, -0.25) is 20.2 Å². The molecule has 0 saturated carbocycles. The fourth-order valence-electron chi connectivity index (χ4n) is 4.73. The highest BCUT2D eigenvalue weighted by atomic mass is 35.5. The molecule has 0 atom stereocenters. The number of ether oxygens (including phenoxy) is 1. The van der Waals surface area contributed by atoms with Crippen LogP contribution in [0.4, 0.5) is 10.5 Å². The Bertz CT molecular complexity index is 1510. The van der Waals surface area contributed by atoms with E-state index in [1.807, 2.05) is 24.3 Å². The molecule has 2 N–H and O–H groups in total. The van der Waals surface area contributed by atoms with Gasteiger partial charge in [0.2, 0.25) is 11.8 Å². The molecule has 38 heavy (non-hydrogen) atoms. The third kappa shape index (κ3) is 4.14. The molecule has 190 valence electrons. The number of benzene rings is 2.